The Kier molecular flexibility index (Phi) is 3.70. The largest absolute Gasteiger partial charge is 0.340 e. The second-order valence-corrected chi connectivity index (χ2v) is 6.45. The van der Waals surface area contributed by atoms with Crippen LogP contribution in [0, 0.1) is 5.92 Å². The summed E-state index contributed by atoms with van der Waals surface area (Å²) in [7, 11) is 0. The first kappa shape index (κ1) is 14.1. The number of nitrogens with one attached hydrogen (secondary N) is 1. The Morgan fingerprint density at radius 1 is 1.32 bits per heavy atom. The zero-order valence-electron chi connectivity index (χ0n) is 12.3. The second-order valence-electron chi connectivity index (χ2n) is 6.45. The molecule has 0 radical (unpaired) electrons. The fraction of sp³-hybridized carbons (Fsp3) is 0.733. The van der Waals surface area contributed by atoms with Gasteiger partial charge in [-0.15, -0.1) is 0 Å². The van der Waals surface area contributed by atoms with Crippen molar-refractivity contribution < 1.29 is 9.59 Å². The summed E-state index contributed by atoms with van der Waals surface area (Å²) in [5.41, 5.74) is -0.788. The van der Waals surface area contributed by atoms with Gasteiger partial charge in [0, 0.05) is 6.04 Å². The molecule has 0 saturated carbocycles. The summed E-state index contributed by atoms with van der Waals surface area (Å²) in [4.78, 5) is 26.9. The van der Waals surface area contributed by atoms with Crippen LogP contribution in [0.5, 0.6) is 0 Å². The van der Waals surface area contributed by atoms with Crippen molar-refractivity contribution >= 4 is 11.8 Å². The average molecular weight is 264 g/mol. The van der Waals surface area contributed by atoms with Gasteiger partial charge in [-0.3, -0.25) is 9.59 Å². The van der Waals surface area contributed by atoms with Gasteiger partial charge in [0.2, 0.25) is 11.8 Å². The summed E-state index contributed by atoms with van der Waals surface area (Å²) in [6, 6.07) is -0.174. The molecule has 1 aliphatic heterocycles. The van der Waals surface area contributed by atoms with Crippen molar-refractivity contribution in [2.75, 3.05) is 0 Å². The van der Waals surface area contributed by atoms with E-state index in [-0.39, 0.29) is 29.8 Å². The highest BCUT2D eigenvalue weighted by atomic mass is 16.2. The Labute approximate surface area is 115 Å². The molecule has 1 heterocycles. The Hall–Kier alpha value is -1.32. The van der Waals surface area contributed by atoms with E-state index in [1.807, 2.05) is 18.7 Å². The summed E-state index contributed by atoms with van der Waals surface area (Å²) in [6.07, 6.45) is 7.08. The topological polar surface area (TPSA) is 49.4 Å². The summed E-state index contributed by atoms with van der Waals surface area (Å²) in [5.74, 6) is 0.159. The molecular weight excluding hydrogens is 240 g/mol. The molecule has 2 rings (SSSR count). The molecule has 0 bridgehead atoms. The minimum Gasteiger partial charge on any atom is -0.340 e. The fourth-order valence-corrected chi connectivity index (χ4v) is 3.06. The molecule has 1 aliphatic carbocycles. The predicted molar refractivity (Wildman–Crippen MR) is 74.5 cm³/mol. The summed E-state index contributed by atoms with van der Waals surface area (Å²) < 4.78 is 0. The van der Waals surface area contributed by atoms with Gasteiger partial charge in [0.1, 0.15) is 11.6 Å². The molecule has 4 heteroatoms. The number of amides is 2. The van der Waals surface area contributed by atoms with E-state index in [9.17, 15) is 9.59 Å². The lowest BCUT2D eigenvalue weighted by Gasteiger charge is -2.48. The van der Waals surface area contributed by atoms with Crippen LogP contribution in [0.2, 0.25) is 0 Å². The van der Waals surface area contributed by atoms with E-state index >= 15 is 0 Å². The molecule has 0 aromatic carbocycles. The van der Waals surface area contributed by atoms with Crippen LogP contribution in [-0.2, 0) is 9.59 Å². The lowest BCUT2D eigenvalue weighted by atomic mass is 9.87. The van der Waals surface area contributed by atoms with E-state index in [1.165, 1.54) is 0 Å². The van der Waals surface area contributed by atoms with Crippen molar-refractivity contribution in [2.45, 2.75) is 64.6 Å². The van der Waals surface area contributed by atoms with Crippen LogP contribution >= 0.6 is 0 Å². The summed E-state index contributed by atoms with van der Waals surface area (Å²) in [6.45, 7) is 7.58. The van der Waals surface area contributed by atoms with Gasteiger partial charge in [0.25, 0.3) is 0 Å². The molecule has 0 aromatic heterocycles. The van der Waals surface area contributed by atoms with Gasteiger partial charge in [0.05, 0.1) is 0 Å². The Bertz CT molecular complexity index is 412. The SMILES string of the molecule is CC(C)C1C(=O)NC(C)(C)C(=O)N1C1CC=CCC1. The van der Waals surface area contributed by atoms with Crippen LogP contribution in [0.15, 0.2) is 12.2 Å². The molecule has 0 spiro atoms. The number of rotatable bonds is 2. The molecule has 106 valence electrons. The highest BCUT2D eigenvalue weighted by Crippen LogP contribution is 2.29. The quantitative estimate of drug-likeness (QED) is 0.774. The minimum absolute atomic E-state index is 0.0193. The van der Waals surface area contributed by atoms with Crippen LogP contribution in [0.4, 0.5) is 0 Å². The first-order chi connectivity index (χ1) is 8.84. The number of piperazine rings is 1. The number of nitrogens with zero attached hydrogens (tertiary/aromatic N) is 1. The zero-order chi connectivity index (χ0) is 14.2. The fourth-order valence-electron chi connectivity index (χ4n) is 3.06. The van der Waals surface area contributed by atoms with Gasteiger partial charge in [-0.25, -0.2) is 0 Å². The molecule has 2 unspecified atom stereocenters. The molecule has 1 saturated heterocycles. The number of carbonyl (C=O) groups excluding carboxylic acids is 2. The van der Waals surface area contributed by atoms with Gasteiger partial charge in [0.15, 0.2) is 0 Å². The van der Waals surface area contributed by atoms with Crippen LogP contribution in [-0.4, -0.2) is 34.3 Å². The van der Waals surface area contributed by atoms with Gasteiger partial charge < -0.3 is 10.2 Å². The molecule has 0 aromatic rings. The van der Waals surface area contributed by atoms with Crippen molar-refractivity contribution in [3.8, 4) is 0 Å². The van der Waals surface area contributed by atoms with E-state index in [4.69, 9.17) is 0 Å². The van der Waals surface area contributed by atoms with Gasteiger partial charge in [-0.1, -0.05) is 26.0 Å². The standard InChI is InChI=1S/C15H24N2O2/c1-10(2)12-13(18)16-15(3,4)14(19)17(12)11-8-6-5-7-9-11/h5-6,10-12H,7-9H2,1-4H3,(H,16,18). The number of hydrogen-bond acceptors (Lipinski definition) is 2. The maximum Gasteiger partial charge on any atom is 0.248 e. The van der Waals surface area contributed by atoms with E-state index in [0.29, 0.717) is 0 Å². The molecule has 4 nitrogen and oxygen atoms in total. The van der Waals surface area contributed by atoms with Crippen LogP contribution in [0.3, 0.4) is 0 Å². The van der Waals surface area contributed by atoms with E-state index in [2.05, 4.69) is 17.5 Å². The third kappa shape index (κ3) is 2.53. The molecular formula is C15H24N2O2. The molecule has 19 heavy (non-hydrogen) atoms. The Morgan fingerprint density at radius 3 is 2.53 bits per heavy atom. The highest BCUT2D eigenvalue weighted by molar-refractivity contribution is 5.99. The molecule has 2 atom stereocenters. The number of allylic oxidation sites excluding steroid dienone is 1. The van der Waals surface area contributed by atoms with Gasteiger partial charge in [-0.05, 0) is 39.0 Å². The smallest absolute Gasteiger partial charge is 0.248 e. The molecule has 2 aliphatic rings. The van der Waals surface area contributed by atoms with E-state index < -0.39 is 5.54 Å². The van der Waals surface area contributed by atoms with E-state index in [1.54, 1.807) is 13.8 Å². The minimum atomic E-state index is -0.788. The Balaban J connectivity index is 2.34. The average Bonchev–Trinajstić information content (AvgIpc) is 2.33. The molecule has 2 amide bonds. The van der Waals surface area contributed by atoms with Crippen molar-refractivity contribution in [1.82, 2.24) is 10.2 Å². The van der Waals surface area contributed by atoms with Crippen LogP contribution in [0.1, 0.15) is 47.0 Å². The third-order valence-electron chi connectivity index (χ3n) is 4.04. The molecule has 1 N–H and O–H groups in total. The van der Waals surface area contributed by atoms with Crippen LogP contribution < -0.4 is 5.32 Å². The maximum atomic E-state index is 12.7. The molecule has 1 fully saturated rings. The van der Waals surface area contributed by atoms with Crippen molar-refractivity contribution in [3.05, 3.63) is 12.2 Å². The van der Waals surface area contributed by atoms with Gasteiger partial charge >= 0.3 is 0 Å². The van der Waals surface area contributed by atoms with Crippen molar-refractivity contribution in [2.24, 2.45) is 5.92 Å². The highest BCUT2D eigenvalue weighted by Gasteiger charge is 2.48. The normalized spacial score (nSPS) is 30.7. The maximum absolute atomic E-state index is 12.7. The predicted octanol–water partition coefficient (Wildman–Crippen LogP) is 1.86. The van der Waals surface area contributed by atoms with Crippen LogP contribution in [0.25, 0.3) is 0 Å². The lowest BCUT2D eigenvalue weighted by molar-refractivity contribution is -0.158. The first-order valence-electron chi connectivity index (χ1n) is 7.14. The summed E-state index contributed by atoms with van der Waals surface area (Å²) >= 11 is 0. The summed E-state index contributed by atoms with van der Waals surface area (Å²) in [5, 5.41) is 2.86. The van der Waals surface area contributed by atoms with E-state index in [0.717, 1.165) is 19.3 Å². The number of carbonyl (C=O) groups is 2. The first-order valence-corrected chi connectivity index (χ1v) is 7.14. The van der Waals surface area contributed by atoms with Crippen molar-refractivity contribution in [1.29, 1.82) is 0 Å². The number of hydrogen-bond donors (Lipinski definition) is 1. The Morgan fingerprint density at radius 2 is 2.00 bits per heavy atom. The zero-order valence-corrected chi connectivity index (χ0v) is 12.3. The third-order valence-corrected chi connectivity index (χ3v) is 4.04. The lowest BCUT2D eigenvalue weighted by Crippen LogP contribution is -2.71. The van der Waals surface area contributed by atoms with Gasteiger partial charge in [-0.2, -0.15) is 0 Å². The monoisotopic (exact) mass is 264 g/mol. The van der Waals surface area contributed by atoms with Crippen molar-refractivity contribution in [3.63, 3.8) is 0 Å². The second kappa shape index (κ2) is 4.99.